The summed E-state index contributed by atoms with van der Waals surface area (Å²) in [4.78, 5) is 13.7. The second kappa shape index (κ2) is 10.7. The van der Waals surface area contributed by atoms with Crippen molar-refractivity contribution in [3.8, 4) is 28.2 Å². The van der Waals surface area contributed by atoms with Crippen LogP contribution in [0.2, 0.25) is 0 Å². The molecule has 188 valence electrons. The minimum absolute atomic E-state index is 0.257. The number of imidazole rings is 1. The van der Waals surface area contributed by atoms with E-state index in [0.29, 0.717) is 23.6 Å². The molecule has 0 radical (unpaired) electrons. The summed E-state index contributed by atoms with van der Waals surface area (Å²) < 4.78 is 18.0. The van der Waals surface area contributed by atoms with Gasteiger partial charge in [0.25, 0.3) is 0 Å². The molecule has 0 fully saturated rings. The average Bonchev–Trinajstić information content (AvgIpc) is 3.55. The normalized spacial score (nSPS) is 11.2. The lowest BCUT2D eigenvalue weighted by atomic mass is 9.97. The van der Waals surface area contributed by atoms with Crippen LogP contribution < -0.4 is 5.69 Å². The number of unbranched alkanes of at least 4 members (excludes halogenated alkanes) is 2. The highest BCUT2D eigenvalue weighted by atomic mass is 19.1. The van der Waals surface area contributed by atoms with Crippen molar-refractivity contribution in [1.29, 1.82) is 0 Å². The first-order valence-electron chi connectivity index (χ1n) is 12.6. The molecule has 37 heavy (non-hydrogen) atoms. The van der Waals surface area contributed by atoms with Gasteiger partial charge in [-0.3, -0.25) is 9.13 Å². The highest BCUT2D eigenvalue weighted by Crippen LogP contribution is 2.31. The molecule has 0 amide bonds. The van der Waals surface area contributed by atoms with E-state index in [-0.39, 0.29) is 5.69 Å². The van der Waals surface area contributed by atoms with Crippen LogP contribution in [0.3, 0.4) is 0 Å². The highest BCUT2D eigenvalue weighted by molar-refractivity contribution is 5.80. The maximum atomic E-state index is 14.8. The average molecular weight is 497 g/mol. The summed E-state index contributed by atoms with van der Waals surface area (Å²) in [5, 5.41) is 14.7. The zero-order valence-electron chi connectivity index (χ0n) is 21.0. The Balaban J connectivity index is 1.59. The molecule has 5 aromatic rings. The number of para-hydroxylation sites is 1. The summed E-state index contributed by atoms with van der Waals surface area (Å²) in [6.07, 6.45) is 5.63. The summed E-state index contributed by atoms with van der Waals surface area (Å²) in [5.74, 6) is 0.0711. The first kappa shape index (κ1) is 24.4. The van der Waals surface area contributed by atoms with E-state index in [0.717, 1.165) is 53.6 Å². The van der Waals surface area contributed by atoms with Crippen LogP contribution in [0.15, 0.2) is 77.7 Å². The fourth-order valence-corrected chi connectivity index (χ4v) is 4.74. The van der Waals surface area contributed by atoms with Crippen molar-refractivity contribution in [2.75, 3.05) is 0 Å². The van der Waals surface area contributed by atoms with Gasteiger partial charge in [0.15, 0.2) is 0 Å². The number of tetrazole rings is 1. The third-order valence-electron chi connectivity index (χ3n) is 6.62. The molecule has 2 aromatic heterocycles. The van der Waals surface area contributed by atoms with Crippen molar-refractivity contribution < 1.29 is 4.39 Å². The third-order valence-corrected chi connectivity index (χ3v) is 6.62. The number of nitrogens with one attached hydrogen (secondary N) is 1. The molecule has 0 saturated heterocycles. The highest BCUT2D eigenvalue weighted by Gasteiger charge is 2.18. The van der Waals surface area contributed by atoms with E-state index >= 15 is 0 Å². The van der Waals surface area contributed by atoms with E-state index in [1.165, 1.54) is 10.6 Å². The molecule has 2 heterocycles. The van der Waals surface area contributed by atoms with Gasteiger partial charge in [-0.25, -0.2) is 9.18 Å². The van der Waals surface area contributed by atoms with Crippen LogP contribution in [0.1, 0.15) is 43.0 Å². The summed E-state index contributed by atoms with van der Waals surface area (Å²) in [6.45, 7) is 4.31. The molecule has 0 unspecified atom stereocenters. The van der Waals surface area contributed by atoms with Gasteiger partial charge in [0, 0.05) is 17.5 Å². The van der Waals surface area contributed by atoms with E-state index in [1.54, 1.807) is 16.8 Å². The van der Waals surface area contributed by atoms with Crippen molar-refractivity contribution in [1.82, 2.24) is 29.8 Å². The van der Waals surface area contributed by atoms with Gasteiger partial charge >= 0.3 is 5.69 Å². The molecule has 0 aliphatic carbocycles. The van der Waals surface area contributed by atoms with Gasteiger partial charge in [0.05, 0.1) is 12.2 Å². The maximum Gasteiger partial charge on any atom is 0.333 e. The number of aryl methyl sites for hydroxylation is 2. The molecule has 7 nitrogen and oxygen atoms in total. The Morgan fingerprint density at radius 3 is 2.54 bits per heavy atom. The number of halogens is 1. The quantitative estimate of drug-likeness (QED) is 0.265. The zero-order valence-corrected chi connectivity index (χ0v) is 21.0. The predicted octanol–water partition coefficient (Wildman–Crippen LogP) is 5.71. The van der Waals surface area contributed by atoms with Gasteiger partial charge < -0.3 is 0 Å². The first-order chi connectivity index (χ1) is 18.1. The van der Waals surface area contributed by atoms with E-state index in [4.69, 9.17) is 0 Å². The van der Waals surface area contributed by atoms with E-state index in [2.05, 4.69) is 27.5 Å². The molecule has 3 aromatic carbocycles. The molecule has 0 atom stereocenters. The van der Waals surface area contributed by atoms with Gasteiger partial charge in [-0.05, 0) is 59.4 Å². The molecular weight excluding hydrogens is 467 g/mol. The molecule has 0 aliphatic heterocycles. The van der Waals surface area contributed by atoms with E-state index in [1.807, 2.05) is 61.5 Å². The number of rotatable bonds is 9. The molecule has 0 aliphatic rings. The smallest absolute Gasteiger partial charge is 0.292 e. The van der Waals surface area contributed by atoms with Gasteiger partial charge in [-0.1, -0.05) is 74.4 Å². The number of aromatic nitrogens is 6. The lowest BCUT2D eigenvalue weighted by molar-refractivity contribution is 0.611. The molecule has 0 saturated carbocycles. The Hall–Kier alpha value is -4.33. The summed E-state index contributed by atoms with van der Waals surface area (Å²) in [5.41, 5.74) is 5.39. The first-order valence-corrected chi connectivity index (χ1v) is 12.6. The largest absolute Gasteiger partial charge is 0.333 e. The van der Waals surface area contributed by atoms with Gasteiger partial charge in [0.1, 0.15) is 5.82 Å². The molecule has 0 spiro atoms. The van der Waals surface area contributed by atoms with Crippen LogP contribution in [0.4, 0.5) is 4.39 Å². The lowest BCUT2D eigenvalue weighted by Gasteiger charge is -2.12. The molecule has 5 rings (SSSR count). The second-order valence-electron chi connectivity index (χ2n) is 9.20. The molecule has 8 heteroatoms. The zero-order chi connectivity index (χ0) is 25.8. The Bertz CT molecular complexity index is 1530. The van der Waals surface area contributed by atoms with Crippen LogP contribution in [-0.2, 0) is 13.0 Å². The van der Waals surface area contributed by atoms with Crippen molar-refractivity contribution >= 4 is 0 Å². The SMILES string of the molecule is CCCCCc1cn(-c2c(C)cccc2F)c(=O)n1Cc1ccc(-c2ccccc2)c(-c2nn[nH]n2)c1. The minimum Gasteiger partial charge on any atom is -0.292 e. The maximum absolute atomic E-state index is 14.8. The lowest BCUT2D eigenvalue weighted by Crippen LogP contribution is -2.25. The monoisotopic (exact) mass is 496 g/mol. The van der Waals surface area contributed by atoms with Crippen molar-refractivity contribution in [2.24, 2.45) is 0 Å². The van der Waals surface area contributed by atoms with Crippen molar-refractivity contribution in [2.45, 2.75) is 46.1 Å². The number of hydrogen-bond acceptors (Lipinski definition) is 4. The third kappa shape index (κ3) is 5.00. The Labute approximate surface area is 214 Å². The van der Waals surface area contributed by atoms with E-state index < -0.39 is 5.82 Å². The van der Waals surface area contributed by atoms with Gasteiger partial charge in [0.2, 0.25) is 5.82 Å². The topological polar surface area (TPSA) is 81.4 Å². The van der Waals surface area contributed by atoms with Crippen LogP contribution in [0.25, 0.3) is 28.2 Å². The van der Waals surface area contributed by atoms with E-state index in [9.17, 15) is 9.18 Å². The van der Waals surface area contributed by atoms with Crippen LogP contribution in [0, 0.1) is 12.7 Å². The molecule has 0 bridgehead atoms. The molecule has 1 N–H and O–H groups in total. The summed E-state index contributed by atoms with van der Waals surface area (Å²) in [7, 11) is 0. The van der Waals surface area contributed by atoms with Crippen LogP contribution >= 0.6 is 0 Å². The standard InChI is InChI=1S/C29H29FN6O/c1-3-4-6-13-23-19-36(27-20(2)10-9-14-26(27)30)29(37)35(23)18-21-15-16-24(22-11-7-5-8-12-22)25(17-21)28-31-33-34-32-28/h5,7-12,14-17,19H,3-4,6,13,18H2,1-2H3,(H,31,32,33,34). The van der Waals surface area contributed by atoms with Crippen molar-refractivity contribution in [3.63, 3.8) is 0 Å². The molecular formula is C29H29FN6O. The number of benzene rings is 3. The van der Waals surface area contributed by atoms with Crippen LogP contribution in [-0.4, -0.2) is 29.8 Å². The minimum atomic E-state index is -0.411. The number of hydrogen-bond donors (Lipinski definition) is 1. The van der Waals surface area contributed by atoms with Crippen LogP contribution in [0.5, 0.6) is 0 Å². The summed E-state index contributed by atoms with van der Waals surface area (Å²) >= 11 is 0. The number of nitrogens with zero attached hydrogens (tertiary/aromatic N) is 5. The van der Waals surface area contributed by atoms with Crippen molar-refractivity contribution in [3.05, 3.63) is 106 Å². The Kier molecular flexibility index (Phi) is 7.07. The second-order valence-corrected chi connectivity index (χ2v) is 9.20. The Morgan fingerprint density at radius 2 is 1.81 bits per heavy atom. The van der Waals surface area contributed by atoms with Gasteiger partial charge in [-0.2, -0.15) is 5.21 Å². The van der Waals surface area contributed by atoms with Gasteiger partial charge in [-0.15, -0.1) is 10.2 Å². The summed E-state index contributed by atoms with van der Waals surface area (Å²) in [6, 6.07) is 20.9. The number of H-pyrrole nitrogens is 1. The predicted molar refractivity (Wildman–Crippen MR) is 142 cm³/mol. The Morgan fingerprint density at radius 1 is 0.973 bits per heavy atom. The fourth-order valence-electron chi connectivity index (χ4n) is 4.74. The number of aromatic amines is 1. The fraction of sp³-hybridized carbons (Fsp3) is 0.241.